The van der Waals surface area contributed by atoms with Crippen LogP contribution in [0.15, 0.2) is 24.3 Å². The lowest BCUT2D eigenvalue weighted by Crippen LogP contribution is -2.22. The Hall–Kier alpha value is -1.55. The summed E-state index contributed by atoms with van der Waals surface area (Å²) in [6.07, 6.45) is 2.20. The molecule has 4 nitrogen and oxygen atoms in total. The van der Waals surface area contributed by atoms with E-state index in [0.717, 1.165) is 38.3 Å². The molecule has 1 aliphatic heterocycles. The number of methoxy groups -OCH3 is 1. The number of carbonyl (C=O) groups excluding carboxylic acids is 1. The lowest BCUT2D eigenvalue weighted by molar-refractivity contribution is 0.0601. The van der Waals surface area contributed by atoms with Crippen LogP contribution in [-0.2, 0) is 9.47 Å². The zero-order chi connectivity index (χ0) is 12.8. The van der Waals surface area contributed by atoms with Crippen LogP contribution in [0.3, 0.4) is 0 Å². The molecule has 0 amide bonds. The van der Waals surface area contributed by atoms with Gasteiger partial charge in [0.15, 0.2) is 0 Å². The van der Waals surface area contributed by atoms with E-state index < -0.39 is 0 Å². The molecule has 0 bridgehead atoms. The normalized spacial score (nSPS) is 16.3. The van der Waals surface area contributed by atoms with E-state index in [2.05, 4.69) is 5.32 Å². The van der Waals surface area contributed by atoms with Gasteiger partial charge >= 0.3 is 5.97 Å². The molecular weight excluding hydrogens is 230 g/mol. The average molecular weight is 249 g/mol. The molecule has 1 heterocycles. The molecule has 0 aliphatic carbocycles. The van der Waals surface area contributed by atoms with Crippen molar-refractivity contribution in [3.8, 4) is 0 Å². The maximum atomic E-state index is 11.4. The zero-order valence-electron chi connectivity index (χ0n) is 10.6. The minimum Gasteiger partial charge on any atom is -0.465 e. The minimum atomic E-state index is -0.301. The van der Waals surface area contributed by atoms with Crippen LogP contribution >= 0.6 is 0 Å². The molecule has 1 fully saturated rings. The maximum Gasteiger partial charge on any atom is 0.337 e. The van der Waals surface area contributed by atoms with Gasteiger partial charge in [0, 0.05) is 25.4 Å². The van der Waals surface area contributed by atoms with Gasteiger partial charge in [-0.1, -0.05) is 6.07 Å². The van der Waals surface area contributed by atoms with Crippen molar-refractivity contribution in [1.82, 2.24) is 0 Å². The number of hydrogen-bond donors (Lipinski definition) is 1. The monoisotopic (exact) mass is 249 g/mol. The molecule has 18 heavy (non-hydrogen) atoms. The van der Waals surface area contributed by atoms with Crippen LogP contribution in [0.2, 0.25) is 0 Å². The third-order valence-electron chi connectivity index (χ3n) is 3.22. The Morgan fingerprint density at radius 2 is 2.22 bits per heavy atom. The molecule has 1 aromatic carbocycles. The minimum absolute atomic E-state index is 0.301. The molecule has 0 aromatic heterocycles. The molecule has 98 valence electrons. The number of hydrogen-bond acceptors (Lipinski definition) is 4. The predicted molar refractivity (Wildman–Crippen MR) is 69.8 cm³/mol. The summed E-state index contributed by atoms with van der Waals surface area (Å²) in [5, 5.41) is 3.37. The molecule has 1 N–H and O–H groups in total. The highest BCUT2D eigenvalue weighted by atomic mass is 16.5. The van der Waals surface area contributed by atoms with Gasteiger partial charge < -0.3 is 14.8 Å². The van der Waals surface area contributed by atoms with Crippen molar-refractivity contribution in [3.63, 3.8) is 0 Å². The van der Waals surface area contributed by atoms with Gasteiger partial charge in [-0.25, -0.2) is 4.79 Å². The first-order valence-electron chi connectivity index (χ1n) is 6.29. The summed E-state index contributed by atoms with van der Waals surface area (Å²) < 4.78 is 10.0. The first-order valence-corrected chi connectivity index (χ1v) is 6.29. The van der Waals surface area contributed by atoms with Gasteiger partial charge in [-0.3, -0.25) is 0 Å². The van der Waals surface area contributed by atoms with Crippen molar-refractivity contribution in [1.29, 1.82) is 0 Å². The highest BCUT2D eigenvalue weighted by molar-refractivity contribution is 5.90. The van der Waals surface area contributed by atoms with Crippen LogP contribution in [0.25, 0.3) is 0 Å². The molecule has 0 saturated carbocycles. The molecule has 0 spiro atoms. The zero-order valence-corrected chi connectivity index (χ0v) is 10.6. The number of carbonyl (C=O) groups is 1. The summed E-state index contributed by atoms with van der Waals surface area (Å²) in [5.74, 6) is 0.352. The van der Waals surface area contributed by atoms with Crippen molar-refractivity contribution >= 4 is 11.7 Å². The lowest BCUT2D eigenvalue weighted by Gasteiger charge is -2.22. The van der Waals surface area contributed by atoms with Gasteiger partial charge in [0.2, 0.25) is 0 Å². The molecule has 0 atom stereocenters. The van der Waals surface area contributed by atoms with E-state index in [1.54, 1.807) is 6.07 Å². The molecule has 1 aliphatic rings. The van der Waals surface area contributed by atoms with Gasteiger partial charge in [-0.2, -0.15) is 0 Å². The summed E-state index contributed by atoms with van der Waals surface area (Å²) in [6, 6.07) is 7.40. The molecule has 4 heteroatoms. The second kappa shape index (κ2) is 6.40. The largest absolute Gasteiger partial charge is 0.465 e. The Balaban J connectivity index is 1.90. The van der Waals surface area contributed by atoms with Crippen LogP contribution in [-0.4, -0.2) is 32.8 Å². The lowest BCUT2D eigenvalue weighted by atomic mass is 10.0. The summed E-state index contributed by atoms with van der Waals surface area (Å²) in [7, 11) is 1.39. The molecule has 1 aromatic rings. The highest BCUT2D eigenvalue weighted by Crippen LogP contribution is 2.17. The Bertz CT molecular complexity index is 400. The average Bonchev–Trinajstić information content (AvgIpc) is 2.45. The third kappa shape index (κ3) is 3.47. The van der Waals surface area contributed by atoms with E-state index in [1.807, 2.05) is 18.2 Å². The smallest absolute Gasteiger partial charge is 0.337 e. The van der Waals surface area contributed by atoms with Gasteiger partial charge in [0.1, 0.15) is 0 Å². The van der Waals surface area contributed by atoms with Crippen molar-refractivity contribution < 1.29 is 14.3 Å². The SMILES string of the molecule is COC(=O)c1cccc(NCC2CCOCC2)c1. The number of benzene rings is 1. The van der Waals surface area contributed by atoms with Gasteiger partial charge in [-0.15, -0.1) is 0 Å². The van der Waals surface area contributed by atoms with Crippen molar-refractivity contribution in [3.05, 3.63) is 29.8 Å². The number of anilines is 1. The summed E-state index contributed by atoms with van der Waals surface area (Å²) >= 11 is 0. The summed E-state index contributed by atoms with van der Waals surface area (Å²) in [5.41, 5.74) is 1.54. The van der Waals surface area contributed by atoms with Crippen LogP contribution < -0.4 is 5.32 Å². The van der Waals surface area contributed by atoms with Crippen LogP contribution in [0.5, 0.6) is 0 Å². The van der Waals surface area contributed by atoms with Crippen molar-refractivity contribution in [2.75, 3.05) is 32.2 Å². The van der Waals surface area contributed by atoms with Crippen LogP contribution in [0, 0.1) is 5.92 Å². The quantitative estimate of drug-likeness (QED) is 0.832. The molecule has 0 unspecified atom stereocenters. The molecule has 0 radical (unpaired) electrons. The highest BCUT2D eigenvalue weighted by Gasteiger charge is 2.13. The first kappa shape index (κ1) is 12.9. The second-order valence-electron chi connectivity index (χ2n) is 4.51. The Labute approximate surface area is 107 Å². The summed E-state index contributed by atoms with van der Waals surface area (Å²) in [4.78, 5) is 11.4. The number of rotatable bonds is 4. The number of ether oxygens (including phenoxy) is 2. The van der Waals surface area contributed by atoms with Gasteiger partial charge in [0.05, 0.1) is 12.7 Å². The fourth-order valence-corrected chi connectivity index (χ4v) is 2.09. The molecular formula is C14H19NO3. The molecule has 2 rings (SSSR count). The van der Waals surface area contributed by atoms with Crippen molar-refractivity contribution in [2.24, 2.45) is 5.92 Å². The van der Waals surface area contributed by atoms with E-state index >= 15 is 0 Å². The van der Waals surface area contributed by atoms with Gasteiger partial charge in [0.25, 0.3) is 0 Å². The van der Waals surface area contributed by atoms with E-state index in [-0.39, 0.29) is 5.97 Å². The Kier molecular flexibility index (Phi) is 4.59. The first-order chi connectivity index (χ1) is 8.79. The van der Waals surface area contributed by atoms with Crippen LogP contribution in [0.4, 0.5) is 5.69 Å². The van der Waals surface area contributed by atoms with Crippen LogP contribution in [0.1, 0.15) is 23.2 Å². The second-order valence-corrected chi connectivity index (χ2v) is 4.51. The predicted octanol–water partition coefficient (Wildman–Crippen LogP) is 2.31. The maximum absolute atomic E-state index is 11.4. The van der Waals surface area contributed by atoms with E-state index in [4.69, 9.17) is 9.47 Å². The van der Waals surface area contributed by atoms with E-state index in [9.17, 15) is 4.79 Å². The number of esters is 1. The Morgan fingerprint density at radius 3 is 2.94 bits per heavy atom. The third-order valence-corrected chi connectivity index (χ3v) is 3.22. The Morgan fingerprint density at radius 1 is 1.44 bits per heavy atom. The van der Waals surface area contributed by atoms with Crippen molar-refractivity contribution in [2.45, 2.75) is 12.8 Å². The topological polar surface area (TPSA) is 47.6 Å². The van der Waals surface area contributed by atoms with E-state index in [1.165, 1.54) is 7.11 Å². The van der Waals surface area contributed by atoms with E-state index in [0.29, 0.717) is 11.5 Å². The fourth-order valence-electron chi connectivity index (χ4n) is 2.09. The molecule has 1 saturated heterocycles. The summed E-state index contributed by atoms with van der Waals surface area (Å²) in [6.45, 7) is 2.64. The number of nitrogens with one attached hydrogen (secondary N) is 1. The van der Waals surface area contributed by atoms with Gasteiger partial charge in [-0.05, 0) is 37.0 Å². The fraction of sp³-hybridized carbons (Fsp3) is 0.500. The standard InChI is InChI=1S/C14H19NO3/c1-17-14(16)12-3-2-4-13(9-12)15-10-11-5-7-18-8-6-11/h2-4,9,11,15H,5-8,10H2,1H3.